The maximum atomic E-state index is 12.5. The van der Waals surface area contributed by atoms with Crippen LogP contribution in [0.1, 0.15) is 5.56 Å². The molecule has 0 radical (unpaired) electrons. The third-order valence-electron chi connectivity index (χ3n) is 4.98. The van der Waals surface area contributed by atoms with Gasteiger partial charge in [-0.15, -0.1) is 5.10 Å². The van der Waals surface area contributed by atoms with E-state index in [9.17, 15) is 4.79 Å². The van der Waals surface area contributed by atoms with Gasteiger partial charge in [0.05, 0.1) is 18.1 Å². The summed E-state index contributed by atoms with van der Waals surface area (Å²) in [5.74, 6) is 0. The molecule has 1 aromatic heterocycles. The van der Waals surface area contributed by atoms with Crippen LogP contribution in [-0.2, 0) is 0 Å². The van der Waals surface area contributed by atoms with E-state index in [0.29, 0.717) is 5.69 Å². The molecule has 150 valence electrons. The van der Waals surface area contributed by atoms with Crippen molar-refractivity contribution in [3.63, 3.8) is 0 Å². The Labute approximate surface area is 170 Å². The van der Waals surface area contributed by atoms with Gasteiger partial charge in [0.1, 0.15) is 0 Å². The minimum Gasteiger partial charge on any atom is -0.369 e. The lowest BCUT2D eigenvalue weighted by Crippen LogP contribution is -2.44. The molecular formula is C21H25N7O. The number of hydrogen-bond acceptors (Lipinski definition) is 5. The van der Waals surface area contributed by atoms with Gasteiger partial charge >= 0.3 is 6.03 Å². The molecule has 2 amide bonds. The summed E-state index contributed by atoms with van der Waals surface area (Å²) in [5.41, 5.74) is 4.55. The molecule has 8 heteroatoms. The Bertz CT molecular complexity index is 978. The quantitative estimate of drug-likeness (QED) is 0.715. The molecule has 8 nitrogen and oxygen atoms in total. The van der Waals surface area contributed by atoms with Crippen LogP contribution < -0.4 is 15.5 Å². The molecule has 1 aliphatic heterocycles. The number of carbonyl (C=O) groups excluding carboxylic acids is 1. The summed E-state index contributed by atoms with van der Waals surface area (Å²) in [6.07, 6.45) is 3.37. The summed E-state index contributed by atoms with van der Waals surface area (Å²) >= 11 is 0. The van der Waals surface area contributed by atoms with Crippen LogP contribution in [0, 0.1) is 6.92 Å². The highest BCUT2D eigenvalue weighted by atomic mass is 16.2. The maximum absolute atomic E-state index is 12.5. The van der Waals surface area contributed by atoms with Crippen molar-refractivity contribution in [2.24, 2.45) is 0 Å². The Morgan fingerprint density at radius 2 is 1.72 bits per heavy atom. The van der Waals surface area contributed by atoms with Crippen molar-refractivity contribution >= 4 is 23.1 Å². The van der Waals surface area contributed by atoms with Crippen LogP contribution in [0.4, 0.5) is 21.9 Å². The van der Waals surface area contributed by atoms with Crippen molar-refractivity contribution < 1.29 is 4.79 Å². The molecule has 0 aliphatic carbocycles. The average molecular weight is 391 g/mol. The Morgan fingerprint density at radius 3 is 2.48 bits per heavy atom. The van der Waals surface area contributed by atoms with E-state index in [4.69, 9.17) is 0 Å². The Balaban J connectivity index is 1.44. The topological polar surface area (TPSA) is 78.3 Å². The number of carbonyl (C=O) groups is 1. The molecule has 0 spiro atoms. The van der Waals surface area contributed by atoms with Gasteiger partial charge in [0.15, 0.2) is 0 Å². The van der Waals surface area contributed by atoms with E-state index in [-0.39, 0.29) is 6.03 Å². The summed E-state index contributed by atoms with van der Waals surface area (Å²) < 4.78 is 1.64. The molecule has 3 aromatic rings. The van der Waals surface area contributed by atoms with Gasteiger partial charge in [-0.2, -0.15) is 0 Å². The van der Waals surface area contributed by atoms with Gasteiger partial charge in [0.25, 0.3) is 0 Å². The van der Waals surface area contributed by atoms with Crippen molar-refractivity contribution in [3.8, 4) is 5.69 Å². The molecule has 1 saturated heterocycles. The summed E-state index contributed by atoms with van der Waals surface area (Å²) in [6, 6.07) is 13.3. The first-order valence-corrected chi connectivity index (χ1v) is 9.67. The zero-order chi connectivity index (χ0) is 20.2. The number of likely N-dealkylation sites (N-methyl/N-ethyl adjacent to an activating group) is 1. The zero-order valence-electron chi connectivity index (χ0n) is 16.7. The fourth-order valence-corrected chi connectivity index (χ4v) is 3.45. The Hall–Kier alpha value is -3.39. The van der Waals surface area contributed by atoms with E-state index in [1.807, 2.05) is 43.3 Å². The van der Waals surface area contributed by atoms with Gasteiger partial charge in [-0.3, -0.25) is 0 Å². The first-order chi connectivity index (χ1) is 14.1. The molecule has 1 aliphatic rings. The van der Waals surface area contributed by atoms with Gasteiger partial charge in [-0.1, -0.05) is 11.3 Å². The SMILES string of the molecule is Cc1cc(NC(=O)Nc2cccc(-n3ccnn3)c2)cc(N2CCN(C)CC2)c1. The Morgan fingerprint density at radius 1 is 0.966 bits per heavy atom. The molecule has 0 saturated carbocycles. The number of amides is 2. The molecule has 2 heterocycles. The zero-order valence-corrected chi connectivity index (χ0v) is 16.7. The van der Waals surface area contributed by atoms with Crippen molar-refractivity contribution in [2.75, 3.05) is 48.8 Å². The number of piperazine rings is 1. The highest BCUT2D eigenvalue weighted by molar-refractivity contribution is 6.00. The van der Waals surface area contributed by atoms with Crippen LogP contribution >= 0.6 is 0 Å². The van der Waals surface area contributed by atoms with Crippen molar-refractivity contribution in [1.29, 1.82) is 0 Å². The second-order valence-corrected chi connectivity index (χ2v) is 7.32. The highest BCUT2D eigenvalue weighted by Crippen LogP contribution is 2.24. The fraction of sp³-hybridized carbons (Fsp3) is 0.286. The first-order valence-electron chi connectivity index (χ1n) is 9.67. The van der Waals surface area contributed by atoms with Crippen LogP contribution in [0.3, 0.4) is 0 Å². The normalized spacial score (nSPS) is 14.6. The molecule has 29 heavy (non-hydrogen) atoms. The molecule has 0 unspecified atom stereocenters. The third-order valence-corrected chi connectivity index (χ3v) is 4.98. The van der Waals surface area contributed by atoms with Crippen molar-refractivity contribution in [2.45, 2.75) is 6.92 Å². The molecule has 0 bridgehead atoms. The predicted molar refractivity (Wildman–Crippen MR) is 115 cm³/mol. The molecule has 2 aromatic carbocycles. The van der Waals surface area contributed by atoms with E-state index >= 15 is 0 Å². The number of hydrogen-bond donors (Lipinski definition) is 2. The van der Waals surface area contributed by atoms with Gasteiger partial charge in [-0.25, -0.2) is 9.48 Å². The number of urea groups is 1. The number of nitrogens with one attached hydrogen (secondary N) is 2. The number of rotatable bonds is 4. The van der Waals surface area contributed by atoms with E-state index < -0.39 is 0 Å². The lowest BCUT2D eigenvalue weighted by atomic mass is 10.1. The van der Waals surface area contributed by atoms with Gasteiger partial charge < -0.3 is 20.4 Å². The van der Waals surface area contributed by atoms with Crippen molar-refractivity contribution in [3.05, 3.63) is 60.4 Å². The molecule has 1 fully saturated rings. The summed E-state index contributed by atoms with van der Waals surface area (Å²) in [5, 5.41) is 13.6. The van der Waals surface area contributed by atoms with Crippen LogP contribution in [0.2, 0.25) is 0 Å². The summed E-state index contributed by atoms with van der Waals surface area (Å²) in [4.78, 5) is 17.2. The lowest BCUT2D eigenvalue weighted by molar-refractivity contribution is 0.262. The smallest absolute Gasteiger partial charge is 0.323 e. The van der Waals surface area contributed by atoms with Gasteiger partial charge in [0, 0.05) is 43.2 Å². The number of nitrogens with zero attached hydrogens (tertiary/aromatic N) is 5. The summed E-state index contributed by atoms with van der Waals surface area (Å²) in [7, 11) is 2.14. The minimum absolute atomic E-state index is 0.282. The number of aryl methyl sites for hydroxylation is 1. The second kappa shape index (κ2) is 8.32. The fourth-order valence-electron chi connectivity index (χ4n) is 3.45. The Kier molecular flexibility index (Phi) is 5.44. The molecule has 4 rings (SSSR count). The predicted octanol–water partition coefficient (Wildman–Crippen LogP) is 2.97. The van der Waals surface area contributed by atoms with Gasteiger partial charge in [0.2, 0.25) is 0 Å². The maximum Gasteiger partial charge on any atom is 0.323 e. The van der Waals surface area contributed by atoms with Crippen LogP contribution in [0.5, 0.6) is 0 Å². The summed E-state index contributed by atoms with van der Waals surface area (Å²) in [6.45, 7) is 6.10. The van der Waals surface area contributed by atoms with Crippen molar-refractivity contribution in [1.82, 2.24) is 19.9 Å². The lowest BCUT2D eigenvalue weighted by Gasteiger charge is -2.34. The molecule has 2 N–H and O–H groups in total. The van der Waals surface area contributed by atoms with Crippen LogP contribution in [-0.4, -0.2) is 59.2 Å². The standard InChI is InChI=1S/C21H25N7O/c1-16-12-18(15-20(13-16)27-10-8-26(2)9-11-27)24-21(29)23-17-4-3-5-19(14-17)28-7-6-22-25-28/h3-7,12-15H,8-11H2,1-2H3,(H2,23,24,29). The second-order valence-electron chi connectivity index (χ2n) is 7.32. The number of benzene rings is 2. The van der Waals surface area contributed by atoms with E-state index in [0.717, 1.165) is 48.8 Å². The highest BCUT2D eigenvalue weighted by Gasteiger charge is 2.15. The minimum atomic E-state index is -0.282. The van der Waals surface area contributed by atoms with E-state index in [1.54, 1.807) is 17.1 Å². The van der Waals surface area contributed by atoms with E-state index in [2.05, 4.69) is 43.9 Å². The van der Waals surface area contributed by atoms with E-state index in [1.165, 1.54) is 0 Å². The molecular weight excluding hydrogens is 366 g/mol. The largest absolute Gasteiger partial charge is 0.369 e. The number of anilines is 3. The monoisotopic (exact) mass is 391 g/mol. The van der Waals surface area contributed by atoms with Crippen LogP contribution in [0.25, 0.3) is 5.69 Å². The first kappa shape index (κ1) is 18.9. The molecule has 0 atom stereocenters. The third kappa shape index (κ3) is 4.72. The van der Waals surface area contributed by atoms with Crippen LogP contribution in [0.15, 0.2) is 54.9 Å². The van der Waals surface area contributed by atoms with Gasteiger partial charge in [-0.05, 0) is 55.9 Å². The average Bonchev–Trinajstić information content (AvgIpc) is 3.23. The number of aromatic nitrogens is 3.